The molecule has 1 atom stereocenters. The summed E-state index contributed by atoms with van der Waals surface area (Å²) in [5.74, 6) is -1.52. The van der Waals surface area contributed by atoms with E-state index in [0.29, 0.717) is 13.2 Å². The number of rotatable bonds is 5. The molecule has 0 spiro atoms. The van der Waals surface area contributed by atoms with Crippen molar-refractivity contribution in [2.24, 2.45) is 0 Å². The summed E-state index contributed by atoms with van der Waals surface area (Å²) in [5, 5.41) is 11.8. The van der Waals surface area contributed by atoms with E-state index in [2.05, 4.69) is 5.32 Å². The fourth-order valence-corrected chi connectivity index (χ4v) is 3.55. The lowest BCUT2D eigenvalue weighted by molar-refractivity contribution is -0.143. The molecule has 1 unspecified atom stereocenters. The third-order valence-corrected chi connectivity index (χ3v) is 4.24. The van der Waals surface area contributed by atoms with Gasteiger partial charge in [-0.1, -0.05) is 0 Å². The van der Waals surface area contributed by atoms with E-state index in [9.17, 15) is 13.2 Å². The molecular formula is C8H15NO5S. The van der Waals surface area contributed by atoms with Gasteiger partial charge in [-0.2, -0.15) is 0 Å². The molecule has 0 amide bonds. The van der Waals surface area contributed by atoms with Crippen molar-refractivity contribution in [3.8, 4) is 0 Å². The van der Waals surface area contributed by atoms with E-state index >= 15 is 0 Å². The maximum atomic E-state index is 11.2. The molecule has 1 fully saturated rings. The fourth-order valence-electron chi connectivity index (χ4n) is 1.63. The number of ether oxygens (including phenoxy) is 1. The molecule has 0 aromatic rings. The first-order valence-corrected chi connectivity index (χ1v) is 6.42. The molecule has 1 heterocycles. The van der Waals surface area contributed by atoms with Crippen LogP contribution in [0.1, 0.15) is 6.42 Å². The Morgan fingerprint density at radius 3 is 2.67 bits per heavy atom. The van der Waals surface area contributed by atoms with E-state index in [1.807, 2.05) is 0 Å². The van der Waals surface area contributed by atoms with Crippen LogP contribution < -0.4 is 5.32 Å². The van der Waals surface area contributed by atoms with Crippen LogP contribution in [-0.4, -0.2) is 56.8 Å². The second kappa shape index (κ2) is 4.46. The molecule has 15 heavy (non-hydrogen) atoms. The summed E-state index contributed by atoms with van der Waals surface area (Å²) in [5.41, 5.74) is -1.32. The van der Waals surface area contributed by atoms with Gasteiger partial charge in [0.2, 0.25) is 0 Å². The standard InChI is InChI=1S/C8H15NO5S/c1-14-4-3-9-8(7(10)11)2-5-15(12,13)6-8/h9H,2-6H2,1H3,(H,10,11). The Bertz CT molecular complexity index is 339. The molecule has 0 radical (unpaired) electrons. The van der Waals surface area contributed by atoms with Crippen LogP contribution in [0.2, 0.25) is 0 Å². The van der Waals surface area contributed by atoms with Gasteiger partial charge >= 0.3 is 5.97 Å². The minimum absolute atomic E-state index is 0.0702. The number of aliphatic carboxylic acids is 1. The van der Waals surface area contributed by atoms with Gasteiger partial charge in [0, 0.05) is 13.7 Å². The zero-order valence-electron chi connectivity index (χ0n) is 8.52. The van der Waals surface area contributed by atoms with Crippen LogP contribution in [0.5, 0.6) is 0 Å². The van der Waals surface area contributed by atoms with Crippen LogP contribution in [0, 0.1) is 0 Å². The number of hydrogen-bond acceptors (Lipinski definition) is 5. The summed E-state index contributed by atoms with van der Waals surface area (Å²) >= 11 is 0. The predicted octanol–water partition coefficient (Wildman–Crippen LogP) is -1.14. The molecule has 88 valence electrons. The number of carbonyl (C=O) groups is 1. The van der Waals surface area contributed by atoms with Gasteiger partial charge < -0.3 is 9.84 Å². The van der Waals surface area contributed by atoms with Gasteiger partial charge in [-0.3, -0.25) is 10.1 Å². The first-order chi connectivity index (χ1) is 6.92. The topological polar surface area (TPSA) is 92.7 Å². The van der Waals surface area contributed by atoms with Crippen molar-refractivity contribution in [2.75, 3.05) is 31.8 Å². The maximum Gasteiger partial charge on any atom is 0.324 e. The first kappa shape index (κ1) is 12.4. The monoisotopic (exact) mass is 237 g/mol. The smallest absolute Gasteiger partial charge is 0.324 e. The van der Waals surface area contributed by atoms with E-state index in [-0.39, 0.29) is 17.9 Å². The number of hydrogen-bond donors (Lipinski definition) is 2. The van der Waals surface area contributed by atoms with Crippen molar-refractivity contribution >= 4 is 15.8 Å². The molecule has 6 nitrogen and oxygen atoms in total. The Morgan fingerprint density at radius 2 is 2.27 bits per heavy atom. The zero-order valence-corrected chi connectivity index (χ0v) is 9.34. The molecule has 0 aromatic carbocycles. The highest BCUT2D eigenvalue weighted by Crippen LogP contribution is 2.23. The van der Waals surface area contributed by atoms with E-state index in [1.165, 1.54) is 7.11 Å². The molecule has 7 heteroatoms. The highest BCUT2D eigenvalue weighted by atomic mass is 32.2. The number of methoxy groups -OCH3 is 1. The largest absolute Gasteiger partial charge is 0.480 e. The van der Waals surface area contributed by atoms with Crippen molar-refractivity contribution in [1.82, 2.24) is 5.32 Å². The number of carboxylic acid groups (broad SMARTS) is 1. The minimum atomic E-state index is -3.22. The second-order valence-corrected chi connectivity index (χ2v) is 5.83. The predicted molar refractivity (Wildman–Crippen MR) is 53.5 cm³/mol. The SMILES string of the molecule is COCCNC1(C(=O)O)CCS(=O)(=O)C1. The molecule has 1 rings (SSSR count). The van der Waals surface area contributed by atoms with Crippen LogP contribution in [0.15, 0.2) is 0 Å². The Kier molecular flexibility index (Phi) is 3.69. The molecule has 0 bridgehead atoms. The highest BCUT2D eigenvalue weighted by molar-refractivity contribution is 7.91. The molecule has 2 N–H and O–H groups in total. The Morgan fingerprint density at radius 1 is 1.60 bits per heavy atom. The summed E-state index contributed by atoms with van der Waals surface area (Å²) in [6, 6.07) is 0. The lowest BCUT2D eigenvalue weighted by atomic mass is 9.99. The van der Waals surface area contributed by atoms with Crippen molar-refractivity contribution in [3.05, 3.63) is 0 Å². The van der Waals surface area contributed by atoms with E-state index < -0.39 is 21.3 Å². The summed E-state index contributed by atoms with van der Waals surface area (Å²) in [6.07, 6.45) is 0.119. The average molecular weight is 237 g/mol. The van der Waals surface area contributed by atoms with Crippen LogP contribution in [0.3, 0.4) is 0 Å². The second-order valence-electron chi connectivity index (χ2n) is 3.65. The molecule has 0 saturated carbocycles. The normalized spacial score (nSPS) is 29.1. The summed E-state index contributed by atoms with van der Waals surface area (Å²) in [6.45, 7) is 0.688. The average Bonchev–Trinajstić information content (AvgIpc) is 2.44. The number of nitrogens with one attached hydrogen (secondary N) is 1. The van der Waals surface area contributed by atoms with Crippen molar-refractivity contribution < 1.29 is 23.1 Å². The first-order valence-electron chi connectivity index (χ1n) is 4.60. The van der Waals surface area contributed by atoms with Gasteiger partial charge in [0.15, 0.2) is 9.84 Å². The Labute approximate surface area is 88.5 Å². The van der Waals surface area contributed by atoms with Crippen LogP contribution in [-0.2, 0) is 19.4 Å². The summed E-state index contributed by atoms with van der Waals surface area (Å²) in [4.78, 5) is 11.0. The number of carboxylic acids is 1. The third kappa shape index (κ3) is 2.90. The minimum Gasteiger partial charge on any atom is -0.480 e. The maximum absolute atomic E-state index is 11.2. The van der Waals surface area contributed by atoms with Gasteiger partial charge in [-0.15, -0.1) is 0 Å². The van der Waals surface area contributed by atoms with Gasteiger partial charge in [0.25, 0.3) is 0 Å². The van der Waals surface area contributed by atoms with Crippen molar-refractivity contribution in [1.29, 1.82) is 0 Å². The number of sulfone groups is 1. The molecule has 1 aliphatic heterocycles. The van der Waals surface area contributed by atoms with E-state index in [4.69, 9.17) is 9.84 Å². The van der Waals surface area contributed by atoms with E-state index in [0.717, 1.165) is 0 Å². The Hall–Kier alpha value is -0.660. The Balaban J connectivity index is 2.70. The van der Waals surface area contributed by atoms with Gasteiger partial charge in [-0.05, 0) is 6.42 Å². The van der Waals surface area contributed by atoms with Crippen LogP contribution >= 0.6 is 0 Å². The van der Waals surface area contributed by atoms with Crippen molar-refractivity contribution in [3.63, 3.8) is 0 Å². The fraction of sp³-hybridized carbons (Fsp3) is 0.875. The van der Waals surface area contributed by atoms with Gasteiger partial charge in [0.05, 0.1) is 18.1 Å². The lowest BCUT2D eigenvalue weighted by Gasteiger charge is -2.23. The van der Waals surface area contributed by atoms with Gasteiger partial charge in [0.1, 0.15) is 5.54 Å². The van der Waals surface area contributed by atoms with Crippen molar-refractivity contribution in [2.45, 2.75) is 12.0 Å². The summed E-state index contributed by atoms with van der Waals surface area (Å²) < 4.78 is 27.3. The van der Waals surface area contributed by atoms with Crippen LogP contribution in [0.4, 0.5) is 0 Å². The third-order valence-electron chi connectivity index (χ3n) is 2.49. The highest BCUT2D eigenvalue weighted by Gasteiger charge is 2.47. The van der Waals surface area contributed by atoms with Crippen LogP contribution in [0.25, 0.3) is 0 Å². The zero-order chi connectivity index (χ0) is 11.5. The molecule has 1 saturated heterocycles. The molecule has 0 aliphatic carbocycles. The quantitative estimate of drug-likeness (QED) is 0.587. The molecular weight excluding hydrogens is 222 g/mol. The van der Waals surface area contributed by atoms with Gasteiger partial charge in [-0.25, -0.2) is 8.42 Å². The molecule has 1 aliphatic rings. The lowest BCUT2D eigenvalue weighted by Crippen LogP contribution is -2.54. The van der Waals surface area contributed by atoms with E-state index in [1.54, 1.807) is 0 Å². The summed E-state index contributed by atoms with van der Waals surface area (Å²) in [7, 11) is -1.72. The molecule has 0 aromatic heterocycles.